The number of benzene rings is 1. The Kier molecular flexibility index (Phi) is 4.98. The number of furan rings is 1. The molecule has 1 N–H and O–H groups in total. The van der Waals surface area contributed by atoms with Gasteiger partial charge in [0.1, 0.15) is 12.4 Å². The molecule has 0 saturated heterocycles. The van der Waals surface area contributed by atoms with Gasteiger partial charge in [0.15, 0.2) is 17.3 Å². The third-order valence-electron chi connectivity index (χ3n) is 4.51. The van der Waals surface area contributed by atoms with Gasteiger partial charge >= 0.3 is 5.97 Å². The molecule has 0 aliphatic rings. The van der Waals surface area contributed by atoms with E-state index in [1.165, 1.54) is 25.5 Å². The maximum absolute atomic E-state index is 14.9. The van der Waals surface area contributed by atoms with E-state index < -0.39 is 11.8 Å². The number of rotatable bonds is 5. The predicted octanol–water partition coefficient (Wildman–Crippen LogP) is 5.29. The predicted molar refractivity (Wildman–Crippen MR) is 106 cm³/mol. The molecular formula is C21H16ClFN2O4. The summed E-state index contributed by atoms with van der Waals surface area (Å²) in [6, 6.07) is 8.07. The van der Waals surface area contributed by atoms with Crippen LogP contribution in [0.2, 0.25) is 5.02 Å². The summed E-state index contributed by atoms with van der Waals surface area (Å²) in [7, 11) is 1.33. The molecule has 3 aromatic heterocycles. The number of aromatic nitrogens is 2. The quantitative estimate of drug-likeness (QED) is 0.449. The highest BCUT2D eigenvalue weighted by atomic mass is 35.5. The molecule has 0 fully saturated rings. The van der Waals surface area contributed by atoms with Crippen LogP contribution in [0.15, 0.2) is 47.2 Å². The Morgan fingerprint density at radius 1 is 1.34 bits per heavy atom. The minimum atomic E-state index is -0.662. The van der Waals surface area contributed by atoms with Crippen LogP contribution in [0.4, 0.5) is 4.39 Å². The van der Waals surface area contributed by atoms with Gasteiger partial charge in [-0.15, -0.1) is 0 Å². The number of nitrogens with one attached hydrogen (secondary N) is 1. The van der Waals surface area contributed by atoms with Crippen molar-refractivity contribution in [1.29, 1.82) is 0 Å². The lowest BCUT2D eigenvalue weighted by Gasteiger charge is -2.11. The molecule has 4 aromatic rings. The zero-order valence-electron chi connectivity index (χ0n) is 15.6. The topological polar surface area (TPSA) is 77.4 Å². The number of H-pyrrole nitrogens is 1. The number of fused-ring (bicyclic) bond motifs is 1. The zero-order chi connectivity index (χ0) is 20.5. The number of nitrogens with zero attached hydrogens (tertiary/aromatic N) is 1. The van der Waals surface area contributed by atoms with E-state index >= 15 is 0 Å². The molecule has 8 heteroatoms. The molecule has 0 aliphatic carbocycles. The van der Waals surface area contributed by atoms with Crippen molar-refractivity contribution >= 4 is 28.5 Å². The summed E-state index contributed by atoms with van der Waals surface area (Å²) >= 11 is 5.98. The van der Waals surface area contributed by atoms with E-state index in [9.17, 15) is 9.18 Å². The number of hydrogen-bond acceptors (Lipinski definition) is 5. The summed E-state index contributed by atoms with van der Waals surface area (Å²) in [6.07, 6.45) is 3.24. The first-order valence-electron chi connectivity index (χ1n) is 8.70. The van der Waals surface area contributed by atoms with E-state index in [0.29, 0.717) is 16.7 Å². The fourth-order valence-electron chi connectivity index (χ4n) is 3.12. The number of aryl methyl sites for hydroxylation is 1. The fourth-order valence-corrected chi connectivity index (χ4v) is 3.34. The van der Waals surface area contributed by atoms with Gasteiger partial charge in [0.05, 0.1) is 29.6 Å². The van der Waals surface area contributed by atoms with Crippen LogP contribution in [0.1, 0.15) is 21.8 Å². The maximum atomic E-state index is 14.9. The molecule has 0 radical (unpaired) electrons. The van der Waals surface area contributed by atoms with Crippen molar-refractivity contribution in [1.82, 2.24) is 9.97 Å². The summed E-state index contributed by atoms with van der Waals surface area (Å²) in [5, 5.41) is 0.753. The van der Waals surface area contributed by atoms with Gasteiger partial charge in [-0.05, 0) is 42.8 Å². The van der Waals surface area contributed by atoms with Gasteiger partial charge in [-0.3, -0.25) is 0 Å². The number of halogens is 2. The Hall–Kier alpha value is -3.32. The molecule has 4 rings (SSSR count). The molecule has 0 aliphatic heterocycles. The molecular weight excluding hydrogens is 399 g/mol. The van der Waals surface area contributed by atoms with Crippen molar-refractivity contribution in [3.8, 4) is 17.0 Å². The number of esters is 1. The second-order valence-corrected chi connectivity index (χ2v) is 6.76. The van der Waals surface area contributed by atoms with Gasteiger partial charge in [-0.25, -0.2) is 14.2 Å². The van der Waals surface area contributed by atoms with Crippen molar-refractivity contribution in [3.63, 3.8) is 0 Å². The SMILES string of the molecule is COc1c(Cl)ccc(-c2cc3[nH]cc(C)c3c(C(=O)OCc3ccco3)n2)c1F. The zero-order valence-corrected chi connectivity index (χ0v) is 16.3. The molecule has 0 atom stereocenters. The summed E-state index contributed by atoms with van der Waals surface area (Å²) in [5.74, 6) is -0.886. The van der Waals surface area contributed by atoms with E-state index in [4.69, 9.17) is 25.5 Å². The molecule has 6 nitrogen and oxygen atoms in total. The molecule has 0 amide bonds. The van der Waals surface area contributed by atoms with E-state index in [0.717, 1.165) is 5.56 Å². The first-order chi connectivity index (χ1) is 14.0. The number of ether oxygens (including phenoxy) is 2. The normalized spacial score (nSPS) is 11.0. The van der Waals surface area contributed by atoms with Gasteiger partial charge in [0.2, 0.25) is 0 Å². The Balaban J connectivity index is 1.80. The lowest BCUT2D eigenvalue weighted by molar-refractivity contribution is 0.0441. The lowest BCUT2D eigenvalue weighted by atomic mass is 10.1. The highest BCUT2D eigenvalue weighted by Crippen LogP contribution is 2.36. The largest absolute Gasteiger partial charge is 0.492 e. The van der Waals surface area contributed by atoms with Crippen LogP contribution in [-0.4, -0.2) is 23.0 Å². The van der Waals surface area contributed by atoms with Crippen LogP contribution >= 0.6 is 11.6 Å². The summed E-state index contributed by atoms with van der Waals surface area (Å²) in [6.45, 7) is 1.81. The van der Waals surface area contributed by atoms with E-state index in [2.05, 4.69) is 9.97 Å². The summed E-state index contributed by atoms with van der Waals surface area (Å²) < 4.78 is 30.5. The molecule has 3 heterocycles. The molecule has 0 unspecified atom stereocenters. The van der Waals surface area contributed by atoms with Crippen LogP contribution in [0.5, 0.6) is 5.75 Å². The van der Waals surface area contributed by atoms with Crippen LogP contribution in [-0.2, 0) is 11.3 Å². The number of hydrogen-bond donors (Lipinski definition) is 1. The van der Waals surface area contributed by atoms with Gasteiger partial charge < -0.3 is 18.9 Å². The molecule has 0 bridgehead atoms. The monoisotopic (exact) mass is 414 g/mol. The average Bonchev–Trinajstić information content (AvgIpc) is 3.36. The smallest absolute Gasteiger partial charge is 0.358 e. The van der Waals surface area contributed by atoms with Gasteiger partial charge in [-0.1, -0.05) is 11.6 Å². The Morgan fingerprint density at radius 3 is 2.90 bits per heavy atom. The Labute approximate surface area is 170 Å². The van der Waals surface area contributed by atoms with Crippen LogP contribution < -0.4 is 4.74 Å². The first-order valence-corrected chi connectivity index (χ1v) is 9.08. The number of pyridine rings is 1. The van der Waals surface area contributed by atoms with Gasteiger partial charge in [0.25, 0.3) is 0 Å². The summed E-state index contributed by atoms with van der Waals surface area (Å²) in [5.41, 5.74) is 1.93. The van der Waals surface area contributed by atoms with Crippen molar-refractivity contribution in [2.45, 2.75) is 13.5 Å². The minimum Gasteiger partial charge on any atom is -0.492 e. The van der Waals surface area contributed by atoms with Crippen LogP contribution in [0.25, 0.3) is 22.2 Å². The second kappa shape index (κ2) is 7.60. The van der Waals surface area contributed by atoms with Crippen LogP contribution in [0.3, 0.4) is 0 Å². The molecule has 0 spiro atoms. The number of carbonyl (C=O) groups excluding carboxylic acids is 1. The molecule has 29 heavy (non-hydrogen) atoms. The van der Waals surface area contributed by atoms with Crippen molar-refractivity contribution in [2.24, 2.45) is 0 Å². The Morgan fingerprint density at radius 2 is 2.17 bits per heavy atom. The average molecular weight is 415 g/mol. The van der Waals surface area contributed by atoms with Crippen molar-refractivity contribution in [3.05, 3.63) is 70.6 Å². The van der Waals surface area contributed by atoms with Crippen LogP contribution in [0, 0.1) is 12.7 Å². The highest BCUT2D eigenvalue weighted by molar-refractivity contribution is 6.32. The lowest BCUT2D eigenvalue weighted by Crippen LogP contribution is -2.09. The number of aromatic amines is 1. The maximum Gasteiger partial charge on any atom is 0.358 e. The standard InChI is InChI=1S/C21H16ClFN2O4/c1-11-9-24-16-8-15(13-5-6-14(22)20(27-2)18(13)23)25-19(17(11)16)21(26)29-10-12-4-3-7-28-12/h3-9,24H,10H2,1-2H3. The number of carbonyl (C=O) groups is 1. The van der Waals surface area contributed by atoms with Crippen molar-refractivity contribution < 1.29 is 23.1 Å². The van der Waals surface area contributed by atoms with E-state index in [-0.39, 0.29) is 34.3 Å². The van der Waals surface area contributed by atoms with E-state index in [1.807, 2.05) is 6.92 Å². The first kappa shape index (κ1) is 19.0. The molecule has 148 valence electrons. The molecule has 1 aromatic carbocycles. The second-order valence-electron chi connectivity index (χ2n) is 6.35. The van der Waals surface area contributed by atoms with Gasteiger partial charge in [-0.2, -0.15) is 0 Å². The Bertz CT molecular complexity index is 1200. The summed E-state index contributed by atoms with van der Waals surface area (Å²) in [4.78, 5) is 20.3. The fraction of sp³-hybridized carbons (Fsp3) is 0.143. The van der Waals surface area contributed by atoms with Crippen molar-refractivity contribution in [2.75, 3.05) is 7.11 Å². The third kappa shape index (κ3) is 3.45. The highest BCUT2D eigenvalue weighted by Gasteiger charge is 2.22. The van der Waals surface area contributed by atoms with E-state index in [1.54, 1.807) is 24.4 Å². The number of methoxy groups -OCH3 is 1. The van der Waals surface area contributed by atoms with Gasteiger partial charge in [0, 0.05) is 17.1 Å². The third-order valence-corrected chi connectivity index (χ3v) is 4.80. The minimum absolute atomic E-state index is 0.0359. The molecule has 0 saturated carbocycles.